The number of nitrogens with one attached hydrogen (secondary N) is 2. The van der Waals surface area contributed by atoms with Crippen molar-refractivity contribution in [1.29, 1.82) is 0 Å². The summed E-state index contributed by atoms with van der Waals surface area (Å²) in [6, 6.07) is 21.9. The van der Waals surface area contributed by atoms with Gasteiger partial charge in [-0.1, -0.05) is 30.3 Å². The summed E-state index contributed by atoms with van der Waals surface area (Å²) in [7, 11) is -1.67. The monoisotopic (exact) mass is 503 g/mol. The van der Waals surface area contributed by atoms with Gasteiger partial charge in [0.2, 0.25) is 4.90 Å². The topological polar surface area (TPSA) is 95.3 Å². The smallest absolute Gasteiger partial charge is 0.346 e. The Kier molecular flexibility index (Phi) is 6.61. The molecule has 36 heavy (non-hydrogen) atoms. The van der Waals surface area contributed by atoms with Crippen LogP contribution < -0.4 is 14.9 Å². The summed E-state index contributed by atoms with van der Waals surface area (Å²) in [5.41, 5.74) is 5.31. The predicted molar refractivity (Wildman–Crippen MR) is 144 cm³/mol. The Bertz CT molecular complexity index is 1400. The van der Waals surface area contributed by atoms with Crippen LogP contribution in [0.15, 0.2) is 77.8 Å². The van der Waals surface area contributed by atoms with Crippen LogP contribution in [0.3, 0.4) is 0 Å². The van der Waals surface area contributed by atoms with Crippen LogP contribution in [0.4, 0.5) is 11.5 Å². The Morgan fingerprint density at radius 1 is 1.06 bits per heavy atom. The molecule has 0 aliphatic carbocycles. The van der Waals surface area contributed by atoms with E-state index in [9.17, 15) is 8.76 Å². The van der Waals surface area contributed by atoms with Gasteiger partial charge in [0.05, 0.1) is 11.4 Å². The van der Waals surface area contributed by atoms with Gasteiger partial charge in [0.15, 0.2) is 0 Å². The number of pyridine rings is 1. The van der Waals surface area contributed by atoms with Crippen LogP contribution in [0.1, 0.15) is 23.0 Å². The van der Waals surface area contributed by atoms with Crippen LogP contribution in [0, 0.1) is 13.8 Å². The Balaban J connectivity index is 1.34. The SMILES string of the molecule is Cc1nn(C)c(C)c1N[S+](=O)(O)c1ccc(-c2ccnc(N3CCNC(c4ccccc4)C3)c2)cc1. The number of rotatable bonds is 6. The molecular weight excluding hydrogens is 472 g/mol. The summed E-state index contributed by atoms with van der Waals surface area (Å²) in [6.07, 6.45) is 1.82. The van der Waals surface area contributed by atoms with Gasteiger partial charge in [-0.2, -0.15) is 14.4 Å². The first-order valence-corrected chi connectivity index (χ1v) is 13.5. The number of anilines is 2. The minimum absolute atomic E-state index is 0.252. The molecule has 2 aromatic carbocycles. The second-order valence-electron chi connectivity index (χ2n) is 9.09. The van der Waals surface area contributed by atoms with E-state index in [1.165, 1.54) is 5.56 Å². The minimum atomic E-state index is -3.48. The molecule has 1 fully saturated rings. The van der Waals surface area contributed by atoms with Gasteiger partial charge in [-0.3, -0.25) is 4.68 Å². The van der Waals surface area contributed by atoms with E-state index in [2.05, 4.69) is 55.4 Å². The predicted octanol–water partition coefficient (Wildman–Crippen LogP) is 4.61. The maximum atomic E-state index is 13.1. The molecule has 2 atom stereocenters. The average Bonchev–Trinajstić information content (AvgIpc) is 3.15. The summed E-state index contributed by atoms with van der Waals surface area (Å²) in [4.78, 5) is 7.25. The zero-order valence-electron chi connectivity index (χ0n) is 20.7. The van der Waals surface area contributed by atoms with E-state index < -0.39 is 10.4 Å². The standard InChI is InChI=1S/C27H30N6O2S/c1-19-27(20(2)32(3)30-19)31-36(34,35)24-11-9-21(10-12-24)23-13-14-29-26(17-23)33-16-15-28-25(18-33)22-7-5-4-6-8-22/h4-14,17,25,28H,15-16,18H2,1-3H3,(H-,31,34,35)/p+1. The van der Waals surface area contributed by atoms with Gasteiger partial charge in [-0.15, -0.1) is 0 Å². The molecule has 4 aromatic rings. The third-order valence-electron chi connectivity index (χ3n) is 6.70. The third-order valence-corrected chi connectivity index (χ3v) is 8.10. The van der Waals surface area contributed by atoms with Crippen molar-refractivity contribution >= 4 is 21.9 Å². The molecule has 9 heteroatoms. The molecule has 3 heterocycles. The fourth-order valence-electron chi connectivity index (χ4n) is 4.59. The summed E-state index contributed by atoms with van der Waals surface area (Å²) in [5.74, 6) is 0.925. The number of benzene rings is 2. The second kappa shape index (κ2) is 9.85. The molecule has 0 amide bonds. The van der Waals surface area contributed by atoms with Crippen molar-refractivity contribution in [1.82, 2.24) is 20.1 Å². The van der Waals surface area contributed by atoms with E-state index >= 15 is 0 Å². The molecule has 5 rings (SSSR count). The highest BCUT2D eigenvalue weighted by atomic mass is 32.3. The fourth-order valence-corrected chi connectivity index (χ4v) is 5.78. The average molecular weight is 504 g/mol. The molecule has 2 unspecified atom stereocenters. The quantitative estimate of drug-likeness (QED) is 0.333. The number of aryl methyl sites for hydroxylation is 2. The molecule has 1 aliphatic rings. The van der Waals surface area contributed by atoms with Crippen LogP contribution in [-0.2, 0) is 21.7 Å². The Morgan fingerprint density at radius 2 is 1.81 bits per heavy atom. The first-order chi connectivity index (χ1) is 17.3. The van der Waals surface area contributed by atoms with Crippen molar-refractivity contribution in [3.63, 3.8) is 0 Å². The van der Waals surface area contributed by atoms with Crippen molar-refractivity contribution in [3.8, 4) is 11.1 Å². The molecule has 3 N–H and O–H groups in total. The highest BCUT2D eigenvalue weighted by molar-refractivity contribution is 7.99. The Hall–Kier alpha value is -3.53. The largest absolute Gasteiger partial charge is 0.353 e. The van der Waals surface area contributed by atoms with Gasteiger partial charge in [0, 0.05) is 38.9 Å². The fraction of sp³-hybridized carbons (Fsp3) is 0.259. The van der Waals surface area contributed by atoms with Gasteiger partial charge in [0.25, 0.3) is 0 Å². The highest BCUT2D eigenvalue weighted by Gasteiger charge is 2.32. The van der Waals surface area contributed by atoms with Gasteiger partial charge in [-0.05, 0) is 71.1 Å². The van der Waals surface area contributed by atoms with Crippen LogP contribution in [0.25, 0.3) is 11.1 Å². The lowest BCUT2D eigenvalue weighted by Crippen LogP contribution is -2.46. The molecule has 0 bridgehead atoms. The highest BCUT2D eigenvalue weighted by Crippen LogP contribution is 2.29. The van der Waals surface area contributed by atoms with Crippen LogP contribution in [0.2, 0.25) is 0 Å². The maximum Gasteiger partial charge on any atom is 0.346 e. The van der Waals surface area contributed by atoms with Crippen molar-refractivity contribution in [2.24, 2.45) is 7.05 Å². The number of nitrogens with zero attached hydrogens (tertiary/aromatic N) is 4. The van der Waals surface area contributed by atoms with Crippen molar-refractivity contribution < 1.29 is 8.76 Å². The molecule has 1 saturated heterocycles. The third kappa shape index (κ3) is 4.90. The molecule has 8 nitrogen and oxygen atoms in total. The van der Waals surface area contributed by atoms with Crippen LogP contribution in [0.5, 0.6) is 0 Å². The number of hydrogen-bond acceptors (Lipinski definition) is 5. The van der Waals surface area contributed by atoms with Crippen LogP contribution >= 0.6 is 0 Å². The zero-order valence-corrected chi connectivity index (χ0v) is 21.5. The first kappa shape index (κ1) is 24.2. The maximum absolute atomic E-state index is 13.1. The van der Waals surface area contributed by atoms with Gasteiger partial charge >= 0.3 is 10.4 Å². The lowest BCUT2D eigenvalue weighted by atomic mass is 10.0. The summed E-state index contributed by atoms with van der Waals surface area (Å²) in [5, 5.41) is 7.91. The molecule has 0 radical (unpaired) electrons. The first-order valence-electron chi connectivity index (χ1n) is 12.0. The lowest BCUT2D eigenvalue weighted by Gasteiger charge is -2.35. The minimum Gasteiger partial charge on any atom is -0.353 e. The van der Waals surface area contributed by atoms with E-state index in [0.717, 1.165) is 42.3 Å². The van der Waals surface area contributed by atoms with Crippen molar-refractivity contribution in [3.05, 3.63) is 89.9 Å². The van der Waals surface area contributed by atoms with Crippen molar-refractivity contribution in [2.45, 2.75) is 24.8 Å². The molecule has 1 aliphatic heterocycles. The Labute approximate surface area is 212 Å². The summed E-state index contributed by atoms with van der Waals surface area (Å²) < 4.78 is 28.4. The molecular formula is C27H31N6O2S+. The zero-order chi connectivity index (χ0) is 25.3. The molecule has 0 spiro atoms. The molecule has 2 aromatic heterocycles. The Morgan fingerprint density at radius 3 is 2.50 bits per heavy atom. The summed E-state index contributed by atoms with van der Waals surface area (Å²) in [6.45, 7) is 6.28. The van der Waals surface area contributed by atoms with E-state index in [1.54, 1.807) is 16.8 Å². The molecule has 0 saturated carbocycles. The summed E-state index contributed by atoms with van der Waals surface area (Å²) >= 11 is 0. The number of aromatic nitrogens is 3. The van der Waals surface area contributed by atoms with Crippen molar-refractivity contribution in [2.75, 3.05) is 29.3 Å². The molecule has 186 valence electrons. The number of piperazine rings is 1. The van der Waals surface area contributed by atoms with Gasteiger partial charge in [0.1, 0.15) is 11.5 Å². The van der Waals surface area contributed by atoms with E-state index in [-0.39, 0.29) is 6.04 Å². The second-order valence-corrected chi connectivity index (χ2v) is 10.8. The van der Waals surface area contributed by atoms with Gasteiger partial charge in [-0.25, -0.2) is 4.98 Å². The van der Waals surface area contributed by atoms with E-state index in [0.29, 0.717) is 16.3 Å². The van der Waals surface area contributed by atoms with Crippen LogP contribution in [-0.4, -0.2) is 39.0 Å². The normalized spacial score (nSPS) is 17.6. The van der Waals surface area contributed by atoms with E-state index in [1.807, 2.05) is 51.4 Å². The van der Waals surface area contributed by atoms with E-state index in [4.69, 9.17) is 0 Å². The lowest BCUT2D eigenvalue weighted by molar-refractivity contribution is 0.469. The number of hydrogen-bond donors (Lipinski definition) is 3. The van der Waals surface area contributed by atoms with Gasteiger partial charge < -0.3 is 10.2 Å².